The highest BCUT2D eigenvalue weighted by molar-refractivity contribution is 5.78. The van der Waals surface area contributed by atoms with Crippen LogP contribution in [0.3, 0.4) is 0 Å². The number of rotatable bonds is 8. The molecule has 1 heterocycles. The number of amides is 1. The van der Waals surface area contributed by atoms with Crippen LogP contribution >= 0.6 is 0 Å². The second kappa shape index (κ2) is 7.41. The zero-order valence-corrected chi connectivity index (χ0v) is 13.1. The van der Waals surface area contributed by atoms with Gasteiger partial charge >= 0.3 is 0 Å². The van der Waals surface area contributed by atoms with Gasteiger partial charge in [-0.05, 0) is 39.7 Å². The summed E-state index contributed by atoms with van der Waals surface area (Å²) < 4.78 is 5.67. The lowest BCUT2D eigenvalue weighted by molar-refractivity contribution is -0.130. The topological polar surface area (TPSA) is 54.5 Å². The molecule has 0 bridgehead atoms. The van der Waals surface area contributed by atoms with Crippen LogP contribution in [-0.4, -0.2) is 41.0 Å². The molecule has 1 aromatic heterocycles. The summed E-state index contributed by atoms with van der Waals surface area (Å²) in [6.07, 6.45) is 4.10. The van der Waals surface area contributed by atoms with E-state index in [0.29, 0.717) is 25.0 Å². The van der Waals surface area contributed by atoms with E-state index >= 15 is 0 Å². The number of hydrogen-bond donors (Lipinski definition) is 1. The standard InChI is InChI=1S/C16H25N3O2/c1-4-19(14-7-8-14)15(20)11-17-10-13-6-5-9-18-16(13)21-12(2)3/h5-6,9,12,14,17H,4,7-8,10-11H2,1-3H3. The van der Waals surface area contributed by atoms with Crippen molar-refractivity contribution in [1.29, 1.82) is 0 Å². The quantitative estimate of drug-likeness (QED) is 0.795. The molecule has 1 aliphatic carbocycles. The average molecular weight is 291 g/mol. The monoisotopic (exact) mass is 291 g/mol. The first-order valence-electron chi connectivity index (χ1n) is 7.72. The van der Waals surface area contributed by atoms with E-state index in [2.05, 4.69) is 10.3 Å². The third-order valence-electron chi connectivity index (χ3n) is 3.44. The van der Waals surface area contributed by atoms with Gasteiger partial charge < -0.3 is 15.0 Å². The molecule has 5 nitrogen and oxygen atoms in total. The number of nitrogens with zero attached hydrogens (tertiary/aromatic N) is 2. The van der Waals surface area contributed by atoms with Crippen molar-refractivity contribution in [1.82, 2.24) is 15.2 Å². The second-order valence-electron chi connectivity index (χ2n) is 5.65. The van der Waals surface area contributed by atoms with Crippen molar-refractivity contribution in [3.8, 4) is 5.88 Å². The van der Waals surface area contributed by atoms with Crippen molar-refractivity contribution in [3.05, 3.63) is 23.9 Å². The van der Waals surface area contributed by atoms with E-state index in [4.69, 9.17) is 4.74 Å². The van der Waals surface area contributed by atoms with E-state index < -0.39 is 0 Å². The Hall–Kier alpha value is -1.62. The van der Waals surface area contributed by atoms with Crippen molar-refractivity contribution in [2.45, 2.75) is 52.3 Å². The molecule has 1 saturated carbocycles. The van der Waals surface area contributed by atoms with Crippen LogP contribution in [0, 0.1) is 0 Å². The van der Waals surface area contributed by atoms with E-state index in [-0.39, 0.29) is 12.0 Å². The van der Waals surface area contributed by atoms with Gasteiger partial charge in [0.2, 0.25) is 11.8 Å². The van der Waals surface area contributed by atoms with Gasteiger partial charge in [-0.15, -0.1) is 0 Å². The fourth-order valence-electron chi connectivity index (χ4n) is 2.32. The number of ether oxygens (including phenoxy) is 1. The maximum absolute atomic E-state index is 12.1. The van der Waals surface area contributed by atoms with Crippen LogP contribution in [0.15, 0.2) is 18.3 Å². The molecule has 1 amide bonds. The number of aromatic nitrogens is 1. The van der Waals surface area contributed by atoms with Gasteiger partial charge in [0, 0.05) is 30.9 Å². The van der Waals surface area contributed by atoms with Crippen LogP contribution in [0.1, 0.15) is 39.2 Å². The van der Waals surface area contributed by atoms with E-state index in [1.807, 2.05) is 37.8 Å². The number of carbonyl (C=O) groups is 1. The molecule has 1 aromatic rings. The Balaban J connectivity index is 1.84. The number of nitrogens with one attached hydrogen (secondary N) is 1. The zero-order chi connectivity index (χ0) is 15.2. The largest absolute Gasteiger partial charge is 0.475 e. The Morgan fingerprint density at radius 3 is 2.90 bits per heavy atom. The average Bonchev–Trinajstić information content (AvgIpc) is 3.25. The van der Waals surface area contributed by atoms with Gasteiger partial charge in [-0.2, -0.15) is 0 Å². The summed E-state index contributed by atoms with van der Waals surface area (Å²) in [5, 5.41) is 3.20. The van der Waals surface area contributed by atoms with Crippen molar-refractivity contribution >= 4 is 5.91 Å². The lowest BCUT2D eigenvalue weighted by Crippen LogP contribution is -2.39. The van der Waals surface area contributed by atoms with Gasteiger partial charge in [0.15, 0.2) is 0 Å². The van der Waals surface area contributed by atoms with E-state index in [9.17, 15) is 4.79 Å². The molecule has 0 radical (unpaired) electrons. The molecular formula is C16H25N3O2. The highest BCUT2D eigenvalue weighted by Crippen LogP contribution is 2.26. The minimum absolute atomic E-state index is 0.0886. The molecule has 21 heavy (non-hydrogen) atoms. The van der Waals surface area contributed by atoms with E-state index in [1.165, 1.54) is 0 Å². The predicted octanol–water partition coefficient (Wildman–Crippen LogP) is 1.97. The van der Waals surface area contributed by atoms with Crippen LogP contribution in [0.4, 0.5) is 0 Å². The van der Waals surface area contributed by atoms with Gasteiger partial charge in [-0.3, -0.25) is 4.79 Å². The van der Waals surface area contributed by atoms with Crippen LogP contribution < -0.4 is 10.1 Å². The minimum atomic E-state index is 0.0886. The molecule has 0 unspecified atom stereocenters. The van der Waals surface area contributed by atoms with Crippen molar-refractivity contribution < 1.29 is 9.53 Å². The molecular weight excluding hydrogens is 266 g/mol. The summed E-state index contributed by atoms with van der Waals surface area (Å²) in [6.45, 7) is 7.73. The second-order valence-corrected chi connectivity index (χ2v) is 5.65. The molecule has 1 aliphatic rings. The van der Waals surface area contributed by atoms with Crippen LogP contribution in [0.25, 0.3) is 0 Å². The summed E-state index contributed by atoms with van der Waals surface area (Å²) in [5.74, 6) is 0.817. The van der Waals surface area contributed by atoms with E-state index in [1.54, 1.807) is 6.20 Å². The Bertz CT molecular complexity index is 472. The molecule has 0 atom stereocenters. The summed E-state index contributed by atoms with van der Waals surface area (Å²) in [6, 6.07) is 4.33. The molecule has 0 aliphatic heterocycles. The third kappa shape index (κ3) is 4.70. The van der Waals surface area contributed by atoms with Crippen molar-refractivity contribution in [2.75, 3.05) is 13.1 Å². The third-order valence-corrected chi connectivity index (χ3v) is 3.44. The highest BCUT2D eigenvalue weighted by atomic mass is 16.5. The summed E-state index contributed by atoms with van der Waals surface area (Å²) in [7, 11) is 0. The number of pyridine rings is 1. The number of likely N-dealkylation sites (N-methyl/N-ethyl adjacent to an activating group) is 1. The Morgan fingerprint density at radius 2 is 2.29 bits per heavy atom. The zero-order valence-electron chi connectivity index (χ0n) is 13.1. The molecule has 1 N–H and O–H groups in total. The van der Waals surface area contributed by atoms with Crippen molar-refractivity contribution in [2.24, 2.45) is 0 Å². The summed E-state index contributed by atoms with van der Waals surface area (Å²) in [5.41, 5.74) is 0.980. The van der Waals surface area contributed by atoms with Gasteiger partial charge in [0.25, 0.3) is 0 Å². The summed E-state index contributed by atoms with van der Waals surface area (Å²) >= 11 is 0. The van der Waals surface area contributed by atoms with Gasteiger partial charge in [-0.1, -0.05) is 6.07 Å². The van der Waals surface area contributed by atoms with E-state index in [0.717, 1.165) is 24.9 Å². The molecule has 0 saturated heterocycles. The Morgan fingerprint density at radius 1 is 1.52 bits per heavy atom. The maximum Gasteiger partial charge on any atom is 0.236 e. The lowest BCUT2D eigenvalue weighted by Gasteiger charge is -2.20. The molecule has 0 aromatic carbocycles. The van der Waals surface area contributed by atoms with Gasteiger partial charge in [0.05, 0.1) is 12.6 Å². The van der Waals surface area contributed by atoms with Gasteiger partial charge in [-0.25, -0.2) is 4.98 Å². The van der Waals surface area contributed by atoms with Crippen LogP contribution in [0.2, 0.25) is 0 Å². The molecule has 1 fully saturated rings. The molecule has 2 rings (SSSR count). The van der Waals surface area contributed by atoms with Crippen LogP contribution in [-0.2, 0) is 11.3 Å². The van der Waals surface area contributed by atoms with Crippen LogP contribution in [0.5, 0.6) is 5.88 Å². The summed E-state index contributed by atoms with van der Waals surface area (Å²) in [4.78, 5) is 18.3. The first-order chi connectivity index (χ1) is 10.1. The van der Waals surface area contributed by atoms with Gasteiger partial charge in [0.1, 0.15) is 0 Å². The van der Waals surface area contributed by atoms with Crippen molar-refractivity contribution in [3.63, 3.8) is 0 Å². The maximum atomic E-state index is 12.1. The minimum Gasteiger partial charge on any atom is -0.475 e. The normalized spacial score (nSPS) is 14.3. The first-order valence-corrected chi connectivity index (χ1v) is 7.72. The molecule has 0 spiro atoms. The number of hydrogen-bond acceptors (Lipinski definition) is 4. The first kappa shape index (κ1) is 15.8. The SMILES string of the molecule is CCN(C(=O)CNCc1cccnc1OC(C)C)C1CC1. The Kier molecular flexibility index (Phi) is 5.56. The lowest BCUT2D eigenvalue weighted by atomic mass is 10.2. The fourth-order valence-corrected chi connectivity index (χ4v) is 2.32. The fraction of sp³-hybridized carbons (Fsp3) is 0.625. The molecule has 116 valence electrons. The number of carbonyl (C=O) groups excluding carboxylic acids is 1. The Labute approximate surface area is 126 Å². The smallest absolute Gasteiger partial charge is 0.236 e. The molecule has 5 heteroatoms. The predicted molar refractivity (Wildman–Crippen MR) is 82.1 cm³/mol. The highest BCUT2D eigenvalue weighted by Gasteiger charge is 2.30.